The Morgan fingerprint density at radius 2 is 1.96 bits per heavy atom. The molecule has 2 aromatic carbocycles. The third kappa shape index (κ3) is 5.40. The molecule has 0 amide bonds. The molecule has 0 atom stereocenters. The van der Waals surface area contributed by atoms with Gasteiger partial charge in [-0.15, -0.1) is 0 Å². The zero-order valence-electron chi connectivity index (χ0n) is 14.9. The highest BCUT2D eigenvalue weighted by Crippen LogP contribution is 2.37. The molecule has 0 unspecified atom stereocenters. The maximum absolute atomic E-state index is 10.7. The Hall–Kier alpha value is -3.17. The van der Waals surface area contributed by atoms with Gasteiger partial charge in [-0.1, -0.05) is 11.6 Å². The Kier molecular flexibility index (Phi) is 7.09. The largest absolute Gasteiger partial charge is 0.497 e. The molecule has 2 aromatic rings. The molecule has 0 aromatic heterocycles. The number of carboxylic acids is 1. The lowest BCUT2D eigenvalue weighted by Crippen LogP contribution is -2.10. The predicted molar refractivity (Wildman–Crippen MR) is 102 cm³/mol. The number of nitrogens with zero attached hydrogens (tertiary/aromatic N) is 1. The summed E-state index contributed by atoms with van der Waals surface area (Å²) in [5, 5.41) is 18.5. The van der Waals surface area contributed by atoms with Crippen LogP contribution in [0, 0.1) is 11.3 Å². The van der Waals surface area contributed by atoms with Gasteiger partial charge < -0.3 is 19.3 Å². The monoisotopic (exact) mass is 387 g/mol. The van der Waals surface area contributed by atoms with E-state index in [-0.39, 0.29) is 10.8 Å². The molecule has 7 heteroatoms. The van der Waals surface area contributed by atoms with Crippen LogP contribution in [-0.4, -0.2) is 31.4 Å². The van der Waals surface area contributed by atoms with Crippen molar-refractivity contribution in [1.82, 2.24) is 0 Å². The molecule has 6 nitrogen and oxygen atoms in total. The van der Waals surface area contributed by atoms with Crippen molar-refractivity contribution in [3.8, 4) is 23.3 Å². The molecular weight excluding hydrogens is 370 g/mol. The molecule has 1 N–H and O–H groups in total. The molecule has 0 fully saturated rings. The number of carbonyl (C=O) groups is 1. The minimum absolute atomic E-state index is 0.154. The van der Waals surface area contributed by atoms with Gasteiger partial charge in [-0.2, -0.15) is 5.26 Å². The fraction of sp³-hybridized carbons (Fsp3) is 0.200. The van der Waals surface area contributed by atoms with E-state index in [4.69, 9.17) is 30.9 Å². The number of nitriles is 1. The summed E-state index contributed by atoms with van der Waals surface area (Å²) in [4.78, 5) is 10.7. The SMILES string of the molecule is CCOc1cc(/C=C(\C#N)c2ccc(OC)cc2)cc(Cl)c1OCC(=O)O. The lowest BCUT2D eigenvalue weighted by atomic mass is 10.0. The first-order chi connectivity index (χ1) is 13.0. The molecule has 27 heavy (non-hydrogen) atoms. The van der Waals surface area contributed by atoms with Crippen LogP contribution in [0.25, 0.3) is 11.6 Å². The first kappa shape index (κ1) is 20.1. The van der Waals surface area contributed by atoms with Gasteiger partial charge in [-0.05, 0) is 60.5 Å². The van der Waals surface area contributed by atoms with Crippen LogP contribution in [0.5, 0.6) is 17.2 Å². The molecule has 0 aliphatic carbocycles. The topological polar surface area (TPSA) is 88.8 Å². The van der Waals surface area contributed by atoms with Gasteiger partial charge in [0.05, 0.1) is 30.4 Å². The summed E-state index contributed by atoms with van der Waals surface area (Å²) in [5.74, 6) is 0.0342. The molecule has 140 valence electrons. The molecule has 2 rings (SSSR count). The van der Waals surface area contributed by atoms with Gasteiger partial charge in [-0.3, -0.25) is 0 Å². The average Bonchev–Trinajstić information content (AvgIpc) is 2.65. The molecular formula is C20H18ClNO5. The van der Waals surface area contributed by atoms with E-state index in [0.717, 1.165) is 5.56 Å². The van der Waals surface area contributed by atoms with E-state index in [1.807, 2.05) is 0 Å². The van der Waals surface area contributed by atoms with Gasteiger partial charge in [0.1, 0.15) is 5.75 Å². The Morgan fingerprint density at radius 1 is 1.26 bits per heavy atom. The highest BCUT2D eigenvalue weighted by atomic mass is 35.5. The van der Waals surface area contributed by atoms with E-state index in [0.29, 0.717) is 29.2 Å². The Morgan fingerprint density at radius 3 is 2.52 bits per heavy atom. The van der Waals surface area contributed by atoms with Gasteiger partial charge in [0.15, 0.2) is 18.1 Å². The maximum atomic E-state index is 10.7. The lowest BCUT2D eigenvalue weighted by Gasteiger charge is -2.13. The number of benzene rings is 2. The van der Waals surface area contributed by atoms with Gasteiger partial charge >= 0.3 is 5.97 Å². The fourth-order valence-corrected chi connectivity index (χ4v) is 2.60. The molecule has 0 radical (unpaired) electrons. The molecule has 0 heterocycles. The Bertz CT molecular complexity index is 884. The highest BCUT2D eigenvalue weighted by molar-refractivity contribution is 6.32. The number of carboxylic acid groups (broad SMARTS) is 1. The minimum atomic E-state index is -1.12. The number of rotatable bonds is 8. The van der Waals surface area contributed by atoms with Crippen LogP contribution in [0.4, 0.5) is 0 Å². The van der Waals surface area contributed by atoms with Crippen LogP contribution in [0.3, 0.4) is 0 Å². The summed E-state index contributed by atoms with van der Waals surface area (Å²) in [6.07, 6.45) is 1.66. The number of allylic oxidation sites excluding steroid dienone is 1. The Balaban J connectivity index is 2.42. The van der Waals surface area contributed by atoms with E-state index in [2.05, 4.69) is 6.07 Å². The third-order valence-electron chi connectivity index (χ3n) is 3.50. The van der Waals surface area contributed by atoms with Gasteiger partial charge in [0.2, 0.25) is 0 Å². The molecule has 0 aliphatic heterocycles. The van der Waals surface area contributed by atoms with Crippen molar-refractivity contribution in [3.63, 3.8) is 0 Å². The van der Waals surface area contributed by atoms with Crippen molar-refractivity contribution in [2.75, 3.05) is 20.3 Å². The van der Waals surface area contributed by atoms with Gasteiger partial charge in [-0.25, -0.2) is 4.79 Å². The maximum Gasteiger partial charge on any atom is 0.341 e. The van der Waals surface area contributed by atoms with E-state index in [1.165, 1.54) is 0 Å². The van der Waals surface area contributed by atoms with E-state index in [1.54, 1.807) is 56.5 Å². The van der Waals surface area contributed by atoms with Crippen molar-refractivity contribution < 1.29 is 24.1 Å². The zero-order chi connectivity index (χ0) is 19.8. The van der Waals surface area contributed by atoms with Crippen LogP contribution in [0.15, 0.2) is 36.4 Å². The summed E-state index contributed by atoms with van der Waals surface area (Å²) < 4.78 is 15.9. The molecule has 0 saturated carbocycles. The van der Waals surface area contributed by atoms with Crippen molar-refractivity contribution in [2.24, 2.45) is 0 Å². The van der Waals surface area contributed by atoms with Crippen LogP contribution < -0.4 is 14.2 Å². The van der Waals surface area contributed by atoms with E-state index < -0.39 is 12.6 Å². The number of halogens is 1. The second kappa shape index (κ2) is 9.51. The highest BCUT2D eigenvalue weighted by Gasteiger charge is 2.14. The first-order valence-electron chi connectivity index (χ1n) is 8.05. The second-order valence-corrected chi connectivity index (χ2v) is 5.75. The fourth-order valence-electron chi connectivity index (χ4n) is 2.33. The van der Waals surface area contributed by atoms with Gasteiger partial charge in [0.25, 0.3) is 0 Å². The van der Waals surface area contributed by atoms with Crippen LogP contribution in [-0.2, 0) is 4.79 Å². The van der Waals surface area contributed by atoms with E-state index >= 15 is 0 Å². The summed E-state index contributed by atoms with van der Waals surface area (Å²) in [5.41, 5.74) is 1.77. The first-order valence-corrected chi connectivity index (χ1v) is 8.43. The number of methoxy groups -OCH3 is 1. The van der Waals surface area contributed by atoms with Crippen molar-refractivity contribution in [3.05, 3.63) is 52.5 Å². The summed E-state index contributed by atoms with van der Waals surface area (Å²) in [6, 6.07) is 12.5. The van der Waals surface area contributed by atoms with Crippen LogP contribution >= 0.6 is 11.6 Å². The van der Waals surface area contributed by atoms with Gasteiger partial charge in [0, 0.05) is 0 Å². The van der Waals surface area contributed by atoms with E-state index in [9.17, 15) is 10.1 Å². The standard InChI is InChI=1S/C20H18ClNO5/c1-3-26-18-10-13(9-17(21)20(18)27-12-19(23)24)8-15(11-22)14-4-6-16(25-2)7-5-14/h4-10H,3,12H2,1-2H3,(H,23,24)/b15-8+. The second-order valence-electron chi connectivity index (χ2n) is 5.34. The zero-order valence-corrected chi connectivity index (χ0v) is 15.6. The Labute approximate surface area is 162 Å². The van der Waals surface area contributed by atoms with Crippen molar-refractivity contribution in [1.29, 1.82) is 5.26 Å². The smallest absolute Gasteiger partial charge is 0.341 e. The number of aliphatic carboxylic acids is 1. The molecule has 0 aliphatic rings. The summed E-state index contributed by atoms with van der Waals surface area (Å²) in [6.45, 7) is 1.59. The normalized spacial score (nSPS) is 10.8. The average molecular weight is 388 g/mol. The molecule has 0 bridgehead atoms. The molecule has 0 spiro atoms. The summed E-state index contributed by atoms with van der Waals surface area (Å²) >= 11 is 6.24. The lowest BCUT2D eigenvalue weighted by molar-refractivity contribution is -0.139. The summed E-state index contributed by atoms with van der Waals surface area (Å²) in [7, 11) is 1.57. The number of ether oxygens (including phenoxy) is 3. The van der Waals surface area contributed by atoms with Crippen molar-refractivity contribution in [2.45, 2.75) is 6.92 Å². The molecule has 0 saturated heterocycles. The number of hydrogen-bond donors (Lipinski definition) is 1. The van der Waals surface area contributed by atoms with Crippen LogP contribution in [0.2, 0.25) is 5.02 Å². The predicted octanol–water partition coefficient (Wildman–Crippen LogP) is 4.27. The van der Waals surface area contributed by atoms with Crippen LogP contribution in [0.1, 0.15) is 18.1 Å². The quantitative estimate of drug-likeness (QED) is 0.537. The minimum Gasteiger partial charge on any atom is -0.497 e. The van der Waals surface area contributed by atoms with Crippen molar-refractivity contribution >= 4 is 29.2 Å². The number of hydrogen-bond acceptors (Lipinski definition) is 5. The third-order valence-corrected chi connectivity index (χ3v) is 3.78.